The molecule has 2 unspecified atom stereocenters. The standard InChI is InChI=1S/C14H17ClN2O4/c1-9-5-6-16(8-11(9)15)14(18)10-3-4-13(21-2)12(7-10)17(19)20/h3-4,7,9,11H,5-6,8H2,1-2H3. The summed E-state index contributed by atoms with van der Waals surface area (Å²) in [6, 6.07) is 4.23. The van der Waals surface area contributed by atoms with Gasteiger partial charge in [-0.2, -0.15) is 0 Å². The van der Waals surface area contributed by atoms with Gasteiger partial charge in [-0.25, -0.2) is 0 Å². The number of methoxy groups -OCH3 is 1. The Labute approximate surface area is 127 Å². The number of carbonyl (C=O) groups is 1. The largest absolute Gasteiger partial charge is 0.490 e. The van der Waals surface area contributed by atoms with E-state index < -0.39 is 4.92 Å². The molecule has 0 spiro atoms. The van der Waals surface area contributed by atoms with Crippen LogP contribution >= 0.6 is 11.6 Å². The first kappa shape index (κ1) is 15.6. The van der Waals surface area contributed by atoms with E-state index in [4.69, 9.17) is 16.3 Å². The van der Waals surface area contributed by atoms with Gasteiger partial charge in [-0.1, -0.05) is 6.92 Å². The molecule has 2 rings (SSSR count). The predicted molar refractivity (Wildman–Crippen MR) is 79.0 cm³/mol. The van der Waals surface area contributed by atoms with E-state index in [0.29, 0.717) is 19.0 Å². The molecule has 0 aliphatic carbocycles. The number of nitrogens with zero attached hydrogens (tertiary/aromatic N) is 2. The number of halogens is 1. The van der Waals surface area contributed by atoms with Crippen LogP contribution in [-0.4, -0.2) is 41.3 Å². The van der Waals surface area contributed by atoms with Crippen molar-refractivity contribution in [2.75, 3.05) is 20.2 Å². The smallest absolute Gasteiger partial charge is 0.311 e. The number of hydrogen-bond acceptors (Lipinski definition) is 4. The van der Waals surface area contributed by atoms with Crippen LogP contribution in [0, 0.1) is 16.0 Å². The van der Waals surface area contributed by atoms with Gasteiger partial charge in [-0.05, 0) is 24.5 Å². The minimum atomic E-state index is -0.557. The quantitative estimate of drug-likeness (QED) is 0.488. The van der Waals surface area contributed by atoms with Crippen LogP contribution in [-0.2, 0) is 0 Å². The topological polar surface area (TPSA) is 72.7 Å². The van der Waals surface area contributed by atoms with Crippen molar-refractivity contribution in [1.29, 1.82) is 0 Å². The molecule has 1 aliphatic heterocycles. The zero-order valence-electron chi connectivity index (χ0n) is 11.9. The van der Waals surface area contributed by atoms with Gasteiger partial charge in [0.2, 0.25) is 0 Å². The lowest BCUT2D eigenvalue weighted by molar-refractivity contribution is -0.385. The van der Waals surface area contributed by atoms with Crippen molar-refractivity contribution in [2.45, 2.75) is 18.7 Å². The summed E-state index contributed by atoms with van der Waals surface area (Å²) >= 11 is 6.20. The number of piperidine rings is 1. The number of amides is 1. The predicted octanol–water partition coefficient (Wildman–Crippen LogP) is 2.69. The van der Waals surface area contributed by atoms with Crippen LogP contribution in [0.2, 0.25) is 0 Å². The summed E-state index contributed by atoms with van der Waals surface area (Å²) in [7, 11) is 1.36. The molecule has 1 aromatic carbocycles. The summed E-state index contributed by atoms with van der Waals surface area (Å²) < 4.78 is 4.93. The van der Waals surface area contributed by atoms with Crippen LogP contribution in [0.4, 0.5) is 5.69 Å². The SMILES string of the molecule is COc1ccc(C(=O)N2CCC(C)C(Cl)C2)cc1[N+](=O)[O-]. The first-order valence-corrected chi connectivity index (χ1v) is 7.13. The van der Waals surface area contributed by atoms with Gasteiger partial charge < -0.3 is 9.64 Å². The first-order valence-electron chi connectivity index (χ1n) is 6.69. The van der Waals surface area contributed by atoms with Crippen molar-refractivity contribution in [3.8, 4) is 5.75 Å². The van der Waals surface area contributed by atoms with E-state index in [1.165, 1.54) is 25.3 Å². The highest BCUT2D eigenvalue weighted by Gasteiger charge is 2.29. The fraction of sp³-hybridized carbons (Fsp3) is 0.500. The van der Waals surface area contributed by atoms with Gasteiger partial charge in [0, 0.05) is 24.7 Å². The number of carbonyl (C=O) groups excluding carboxylic acids is 1. The highest BCUT2D eigenvalue weighted by Crippen LogP contribution is 2.29. The van der Waals surface area contributed by atoms with Gasteiger partial charge in [0.15, 0.2) is 5.75 Å². The van der Waals surface area contributed by atoms with E-state index in [1.54, 1.807) is 4.90 Å². The highest BCUT2D eigenvalue weighted by molar-refractivity contribution is 6.21. The van der Waals surface area contributed by atoms with E-state index >= 15 is 0 Å². The number of likely N-dealkylation sites (tertiary alicyclic amines) is 1. The third-order valence-corrected chi connectivity index (χ3v) is 4.34. The Bertz CT molecular complexity index is 564. The molecule has 1 amide bonds. The molecule has 0 saturated carbocycles. The molecule has 0 aromatic heterocycles. The molecule has 1 saturated heterocycles. The number of benzene rings is 1. The van der Waals surface area contributed by atoms with Gasteiger partial charge >= 0.3 is 5.69 Å². The lowest BCUT2D eigenvalue weighted by atomic mass is 9.98. The molecule has 0 bridgehead atoms. The summed E-state index contributed by atoms with van der Waals surface area (Å²) in [6.45, 7) is 3.13. The molecule has 6 nitrogen and oxygen atoms in total. The minimum absolute atomic E-state index is 0.0871. The van der Waals surface area contributed by atoms with E-state index in [-0.39, 0.29) is 28.3 Å². The zero-order valence-corrected chi connectivity index (χ0v) is 12.7. The number of nitro groups is 1. The van der Waals surface area contributed by atoms with E-state index in [1.807, 2.05) is 0 Å². The summed E-state index contributed by atoms with van der Waals surface area (Å²) in [6.07, 6.45) is 0.832. The summed E-state index contributed by atoms with van der Waals surface area (Å²) in [5, 5.41) is 10.9. The summed E-state index contributed by atoms with van der Waals surface area (Å²) in [5.74, 6) is 0.262. The van der Waals surface area contributed by atoms with Crippen molar-refractivity contribution in [2.24, 2.45) is 5.92 Å². The molecule has 1 fully saturated rings. The molecule has 1 aromatic rings. The second-order valence-electron chi connectivity index (χ2n) is 5.18. The van der Waals surface area contributed by atoms with Crippen LogP contribution < -0.4 is 4.74 Å². The maximum absolute atomic E-state index is 12.4. The third-order valence-electron chi connectivity index (χ3n) is 3.78. The average molecular weight is 313 g/mol. The summed E-state index contributed by atoms with van der Waals surface area (Å²) in [5.41, 5.74) is 0.0667. The third kappa shape index (κ3) is 3.26. The van der Waals surface area contributed by atoms with Crippen molar-refractivity contribution < 1.29 is 14.5 Å². The Hall–Kier alpha value is -1.82. The Morgan fingerprint density at radius 3 is 2.81 bits per heavy atom. The maximum atomic E-state index is 12.4. The molecule has 114 valence electrons. The van der Waals surface area contributed by atoms with Crippen molar-refractivity contribution >= 4 is 23.2 Å². The summed E-state index contributed by atoms with van der Waals surface area (Å²) in [4.78, 5) is 24.5. The first-order chi connectivity index (χ1) is 9.93. The lowest BCUT2D eigenvalue weighted by Gasteiger charge is -2.34. The molecular formula is C14H17ClN2O4. The molecule has 0 radical (unpaired) electrons. The average Bonchev–Trinajstić information content (AvgIpc) is 2.48. The second-order valence-corrected chi connectivity index (χ2v) is 5.74. The van der Waals surface area contributed by atoms with Crippen LogP contribution in [0.25, 0.3) is 0 Å². The minimum Gasteiger partial charge on any atom is -0.490 e. The van der Waals surface area contributed by atoms with Crippen molar-refractivity contribution in [3.05, 3.63) is 33.9 Å². The molecule has 1 aliphatic rings. The van der Waals surface area contributed by atoms with E-state index in [9.17, 15) is 14.9 Å². The van der Waals surface area contributed by atoms with E-state index in [2.05, 4.69) is 6.92 Å². The van der Waals surface area contributed by atoms with Crippen molar-refractivity contribution in [1.82, 2.24) is 4.90 Å². The number of hydrogen-bond donors (Lipinski definition) is 0. The van der Waals surface area contributed by atoms with Crippen LogP contribution in [0.3, 0.4) is 0 Å². The van der Waals surface area contributed by atoms with Crippen LogP contribution in [0.1, 0.15) is 23.7 Å². The maximum Gasteiger partial charge on any atom is 0.311 e. The Morgan fingerprint density at radius 1 is 1.52 bits per heavy atom. The van der Waals surface area contributed by atoms with Gasteiger partial charge in [0.05, 0.1) is 17.4 Å². The molecule has 7 heteroatoms. The van der Waals surface area contributed by atoms with Gasteiger partial charge in [-0.15, -0.1) is 11.6 Å². The Morgan fingerprint density at radius 2 is 2.24 bits per heavy atom. The van der Waals surface area contributed by atoms with Crippen molar-refractivity contribution in [3.63, 3.8) is 0 Å². The van der Waals surface area contributed by atoms with Gasteiger partial charge in [0.1, 0.15) is 0 Å². The second kappa shape index (κ2) is 6.30. The fourth-order valence-electron chi connectivity index (χ4n) is 2.35. The number of alkyl halides is 1. The normalized spacial score (nSPS) is 22.0. The molecule has 21 heavy (non-hydrogen) atoms. The van der Waals surface area contributed by atoms with Gasteiger partial charge in [-0.3, -0.25) is 14.9 Å². The fourth-order valence-corrected chi connectivity index (χ4v) is 2.65. The van der Waals surface area contributed by atoms with Crippen LogP contribution in [0.5, 0.6) is 5.75 Å². The molecular weight excluding hydrogens is 296 g/mol. The molecule has 0 N–H and O–H groups in total. The molecule has 1 heterocycles. The number of rotatable bonds is 3. The number of ether oxygens (including phenoxy) is 1. The monoisotopic (exact) mass is 312 g/mol. The Balaban J connectivity index is 2.23. The van der Waals surface area contributed by atoms with E-state index in [0.717, 1.165) is 6.42 Å². The highest BCUT2D eigenvalue weighted by atomic mass is 35.5. The Kier molecular flexibility index (Phi) is 4.67. The lowest BCUT2D eigenvalue weighted by Crippen LogP contribution is -2.43. The zero-order chi connectivity index (χ0) is 15.6. The van der Waals surface area contributed by atoms with Crippen LogP contribution in [0.15, 0.2) is 18.2 Å². The van der Waals surface area contributed by atoms with Gasteiger partial charge in [0.25, 0.3) is 5.91 Å². The number of nitro benzene ring substituents is 1. The molecule has 2 atom stereocenters.